The number of amides is 1. The topological polar surface area (TPSA) is 97.0 Å². The summed E-state index contributed by atoms with van der Waals surface area (Å²) in [4.78, 5) is 26.4. The monoisotopic (exact) mass is 448 g/mol. The Bertz CT molecular complexity index is 1140. The molecule has 0 bridgehead atoms. The first-order valence-corrected chi connectivity index (χ1v) is 9.59. The van der Waals surface area contributed by atoms with Gasteiger partial charge in [0.05, 0.1) is 22.8 Å². The molecule has 0 spiro atoms. The lowest BCUT2D eigenvalue weighted by Gasteiger charge is -2.30. The summed E-state index contributed by atoms with van der Waals surface area (Å²) in [6, 6.07) is 7.98. The Morgan fingerprint density at radius 2 is 1.90 bits per heavy atom. The van der Waals surface area contributed by atoms with Crippen molar-refractivity contribution in [2.45, 2.75) is 19.1 Å². The van der Waals surface area contributed by atoms with Crippen LogP contribution in [0.2, 0.25) is 5.02 Å². The number of hydrogen-bond donors (Lipinski definition) is 2. The van der Waals surface area contributed by atoms with Crippen molar-refractivity contribution < 1.29 is 18.0 Å². The van der Waals surface area contributed by atoms with E-state index in [-0.39, 0.29) is 5.82 Å². The molecule has 0 radical (unpaired) electrons. The van der Waals surface area contributed by atoms with E-state index >= 15 is 0 Å². The molecule has 1 aromatic carbocycles. The van der Waals surface area contributed by atoms with E-state index in [4.69, 9.17) is 17.3 Å². The minimum Gasteiger partial charge on any atom is -0.363 e. The summed E-state index contributed by atoms with van der Waals surface area (Å²) in [5, 5.41) is 3.47. The molecule has 11 heteroatoms. The lowest BCUT2D eigenvalue weighted by molar-refractivity contribution is -0.137. The number of primary amides is 1. The molecule has 0 saturated carbocycles. The molecule has 3 aromatic rings. The number of benzene rings is 1. The van der Waals surface area contributed by atoms with Gasteiger partial charge < -0.3 is 16.0 Å². The van der Waals surface area contributed by atoms with Crippen molar-refractivity contribution in [3.05, 3.63) is 70.3 Å². The number of alkyl halides is 3. The van der Waals surface area contributed by atoms with E-state index < -0.39 is 17.6 Å². The van der Waals surface area contributed by atoms with Crippen molar-refractivity contribution in [3.63, 3.8) is 0 Å². The number of aromatic nitrogens is 3. The summed E-state index contributed by atoms with van der Waals surface area (Å²) in [5.41, 5.74) is 6.32. The largest absolute Gasteiger partial charge is 0.416 e. The fourth-order valence-corrected chi connectivity index (χ4v) is 3.56. The Balaban J connectivity index is 1.67. The normalized spacial score (nSPS) is 13.6. The van der Waals surface area contributed by atoms with E-state index in [1.807, 2.05) is 4.90 Å². The van der Waals surface area contributed by atoms with Gasteiger partial charge in [-0.15, -0.1) is 0 Å². The predicted octanol–water partition coefficient (Wildman–Crippen LogP) is 3.95. The highest BCUT2D eigenvalue weighted by Crippen LogP contribution is 2.33. The van der Waals surface area contributed by atoms with Crippen LogP contribution >= 0.6 is 11.6 Å². The van der Waals surface area contributed by atoms with Crippen LogP contribution in [0.25, 0.3) is 0 Å². The molecule has 0 fully saturated rings. The predicted molar refractivity (Wildman–Crippen MR) is 109 cm³/mol. The summed E-state index contributed by atoms with van der Waals surface area (Å²) >= 11 is 6.25. The first-order chi connectivity index (χ1) is 14.7. The Hall–Kier alpha value is -3.40. The lowest BCUT2D eigenvalue weighted by atomic mass is 10.0. The first kappa shape index (κ1) is 20.9. The van der Waals surface area contributed by atoms with Crippen molar-refractivity contribution in [3.8, 4) is 0 Å². The number of nitrogens with zero attached hydrogens (tertiary/aromatic N) is 4. The Morgan fingerprint density at radius 1 is 1.16 bits per heavy atom. The number of nitrogens with one attached hydrogen (secondary N) is 1. The van der Waals surface area contributed by atoms with Gasteiger partial charge in [0, 0.05) is 24.0 Å². The van der Waals surface area contributed by atoms with Crippen LogP contribution in [-0.4, -0.2) is 27.4 Å². The first-order valence-electron chi connectivity index (χ1n) is 9.21. The number of carbonyl (C=O) groups is 1. The Labute approximate surface area is 180 Å². The Kier molecular flexibility index (Phi) is 5.40. The third-order valence-electron chi connectivity index (χ3n) is 4.80. The van der Waals surface area contributed by atoms with Crippen LogP contribution in [0.15, 0.2) is 42.6 Å². The van der Waals surface area contributed by atoms with Gasteiger partial charge in [0.15, 0.2) is 0 Å². The number of nitrogens with two attached hydrogens (primary N) is 1. The highest BCUT2D eigenvalue weighted by atomic mass is 35.5. The third kappa shape index (κ3) is 4.38. The van der Waals surface area contributed by atoms with E-state index in [0.717, 1.165) is 17.7 Å². The summed E-state index contributed by atoms with van der Waals surface area (Å²) in [6.45, 7) is 0.876. The molecule has 0 unspecified atom stereocenters. The van der Waals surface area contributed by atoms with Gasteiger partial charge in [-0.25, -0.2) is 15.0 Å². The minimum absolute atomic E-state index is 0.192. The molecule has 2 aromatic heterocycles. The van der Waals surface area contributed by atoms with Crippen LogP contribution < -0.4 is 16.0 Å². The van der Waals surface area contributed by atoms with Gasteiger partial charge in [0.25, 0.3) is 5.91 Å². The smallest absolute Gasteiger partial charge is 0.363 e. The maximum Gasteiger partial charge on any atom is 0.416 e. The second-order valence-electron chi connectivity index (χ2n) is 6.87. The maximum atomic E-state index is 12.8. The van der Waals surface area contributed by atoms with Crippen LogP contribution in [-0.2, 0) is 19.1 Å². The second-order valence-corrected chi connectivity index (χ2v) is 7.27. The number of halogens is 4. The Morgan fingerprint density at radius 3 is 2.55 bits per heavy atom. The minimum atomic E-state index is -4.43. The van der Waals surface area contributed by atoms with Crippen LogP contribution in [0, 0.1) is 0 Å². The van der Waals surface area contributed by atoms with Gasteiger partial charge in [0.2, 0.25) is 5.82 Å². The fourth-order valence-electron chi connectivity index (χ4n) is 3.31. The van der Waals surface area contributed by atoms with E-state index in [1.165, 1.54) is 12.1 Å². The molecular formula is C20H16ClF3N6O. The quantitative estimate of drug-likeness (QED) is 0.627. The zero-order valence-electron chi connectivity index (χ0n) is 15.9. The standard InChI is InChI=1S/C20H16ClF3N6O/c21-14-2-1-8-26-19(14)30-9-7-13-15(10-30)28-18(16(25)31)29-17(13)27-12-5-3-11(4-6-12)20(22,23)24/h1-6,8H,7,9-10H2,(H2,25,31)(H,27,28,29). The van der Waals surface area contributed by atoms with Crippen LogP contribution in [0.1, 0.15) is 27.4 Å². The second kappa shape index (κ2) is 8.03. The van der Waals surface area contributed by atoms with Crippen molar-refractivity contribution in [2.24, 2.45) is 5.73 Å². The van der Waals surface area contributed by atoms with Gasteiger partial charge in [-0.2, -0.15) is 13.2 Å². The van der Waals surface area contributed by atoms with E-state index in [0.29, 0.717) is 47.6 Å². The third-order valence-corrected chi connectivity index (χ3v) is 5.09. The van der Waals surface area contributed by atoms with Gasteiger partial charge in [-0.05, 0) is 42.8 Å². The van der Waals surface area contributed by atoms with E-state index in [2.05, 4.69) is 20.3 Å². The maximum absolute atomic E-state index is 12.8. The number of pyridine rings is 1. The number of fused-ring (bicyclic) bond motifs is 1. The van der Waals surface area contributed by atoms with Crippen molar-refractivity contribution in [2.75, 3.05) is 16.8 Å². The average Bonchev–Trinajstić information content (AvgIpc) is 2.73. The van der Waals surface area contributed by atoms with E-state index in [1.54, 1.807) is 18.3 Å². The van der Waals surface area contributed by atoms with Gasteiger partial charge in [-0.3, -0.25) is 4.79 Å². The highest BCUT2D eigenvalue weighted by molar-refractivity contribution is 6.32. The molecule has 31 heavy (non-hydrogen) atoms. The van der Waals surface area contributed by atoms with Gasteiger partial charge >= 0.3 is 6.18 Å². The molecular weight excluding hydrogens is 433 g/mol. The zero-order chi connectivity index (χ0) is 22.2. The molecule has 0 atom stereocenters. The molecule has 4 rings (SSSR count). The molecule has 7 nitrogen and oxygen atoms in total. The molecule has 3 heterocycles. The molecule has 3 N–H and O–H groups in total. The zero-order valence-corrected chi connectivity index (χ0v) is 16.7. The number of carbonyl (C=O) groups excluding carboxylic acids is 1. The lowest BCUT2D eigenvalue weighted by Crippen LogP contribution is -2.33. The summed E-state index contributed by atoms with van der Waals surface area (Å²) < 4.78 is 38.4. The van der Waals surface area contributed by atoms with Gasteiger partial charge in [-0.1, -0.05) is 11.6 Å². The van der Waals surface area contributed by atoms with Crippen LogP contribution in [0.4, 0.5) is 30.5 Å². The highest BCUT2D eigenvalue weighted by Gasteiger charge is 2.30. The average molecular weight is 449 g/mol. The molecule has 1 aliphatic heterocycles. The molecule has 1 aliphatic rings. The number of rotatable bonds is 4. The van der Waals surface area contributed by atoms with Crippen LogP contribution in [0.3, 0.4) is 0 Å². The molecule has 0 aliphatic carbocycles. The fraction of sp³-hybridized carbons (Fsp3) is 0.200. The van der Waals surface area contributed by atoms with Crippen molar-refractivity contribution >= 4 is 34.8 Å². The number of anilines is 3. The van der Waals surface area contributed by atoms with Crippen LogP contribution in [0.5, 0.6) is 0 Å². The summed E-state index contributed by atoms with van der Waals surface area (Å²) in [7, 11) is 0. The van der Waals surface area contributed by atoms with Crippen molar-refractivity contribution in [1.82, 2.24) is 15.0 Å². The van der Waals surface area contributed by atoms with Gasteiger partial charge in [0.1, 0.15) is 11.6 Å². The molecule has 0 saturated heterocycles. The molecule has 1 amide bonds. The summed E-state index contributed by atoms with van der Waals surface area (Å²) in [5.74, 6) is -0.0926. The number of hydrogen-bond acceptors (Lipinski definition) is 6. The van der Waals surface area contributed by atoms with E-state index in [9.17, 15) is 18.0 Å². The van der Waals surface area contributed by atoms with Crippen molar-refractivity contribution in [1.29, 1.82) is 0 Å². The SMILES string of the molecule is NC(=O)c1nc2c(c(Nc3ccc(C(F)(F)F)cc3)n1)CCN(c1ncccc1Cl)C2. The summed E-state index contributed by atoms with van der Waals surface area (Å²) in [6.07, 6.45) is -2.30. The molecule has 160 valence electrons.